The number of hydrogen-bond donors (Lipinski definition) is 3. The van der Waals surface area contributed by atoms with Crippen molar-refractivity contribution in [3.63, 3.8) is 0 Å². The van der Waals surface area contributed by atoms with E-state index in [0.29, 0.717) is 59.2 Å². The van der Waals surface area contributed by atoms with E-state index in [4.69, 9.17) is 19.8 Å². The summed E-state index contributed by atoms with van der Waals surface area (Å²) in [6.07, 6.45) is 3.74. The summed E-state index contributed by atoms with van der Waals surface area (Å²) in [6.45, 7) is 2.98. The van der Waals surface area contributed by atoms with Crippen molar-refractivity contribution in [3.05, 3.63) is 179 Å². The summed E-state index contributed by atoms with van der Waals surface area (Å²) >= 11 is 0. The number of carbonyl (C=O) groups is 1. The molecule has 11 rings (SSSR count). The molecule has 0 spiro atoms. The normalized spacial score (nSPS) is 17.0. The van der Waals surface area contributed by atoms with Gasteiger partial charge in [0.05, 0.1) is 24.2 Å². The third-order valence-electron chi connectivity index (χ3n) is 13.5. The zero-order valence-corrected chi connectivity index (χ0v) is 35.9. The molecule has 1 amide bonds. The zero-order valence-electron chi connectivity index (χ0n) is 35.9. The highest BCUT2D eigenvalue weighted by Gasteiger charge is 2.47. The highest BCUT2D eigenvalue weighted by Crippen LogP contribution is 2.54. The summed E-state index contributed by atoms with van der Waals surface area (Å²) in [6, 6.07) is 44.4. The van der Waals surface area contributed by atoms with E-state index in [2.05, 4.69) is 58.9 Å². The van der Waals surface area contributed by atoms with Gasteiger partial charge in [-0.25, -0.2) is 14.2 Å². The van der Waals surface area contributed by atoms with Crippen molar-refractivity contribution in [3.8, 4) is 16.9 Å². The number of piperazine rings is 1. The molecule has 2 aliphatic heterocycles. The summed E-state index contributed by atoms with van der Waals surface area (Å²) in [4.78, 5) is 26.2. The standard InChI is InChI=1S/C53H48FN7O4/c1-33-44(54)28-45-43(31-61(58-45)53(36-16-8-3-9-17-36,37-18-10-4-11-19-37)38-20-12-5-13-21-38)46(33)47-41(35-22-23-35)27-42-48(49(47)65-32-34-14-6-2-7-15-34)56-51(55-24-25-62)57-50(42)59-29-40-26-39(59)30-60(40)52(63)64/h2-21,27-28,31,35,39-40,62H,22-26,29-30,32H2,1H3,(H,63,64)(H,55,56,57)/t39-,40-/m0/s1. The van der Waals surface area contributed by atoms with Crippen molar-refractivity contribution in [2.24, 2.45) is 0 Å². The number of nitrogens with one attached hydrogen (secondary N) is 1. The van der Waals surface area contributed by atoms with Crippen LogP contribution in [0, 0.1) is 12.7 Å². The Hall–Kier alpha value is -7.31. The van der Waals surface area contributed by atoms with Crippen molar-refractivity contribution in [1.29, 1.82) is 0 Å². The molecule has 11 nitrogen and oxygen atoms in total. The monoisotopic (exact) mass is 865 g/mol. The lowest BCUT2D eigenvalue weighted by atomic mass is 9.77. The van der Waals surface area contributed by atoms with Gasteiger partial charge in [0, 0.05) is 53.8 Å². The smallest absolute Gasteiger partial charge is 0.407 e. The van der Waals surface area contributed by atoms with Crippen molar-refractivity contribution >= 4 is 39.7 Å². The number of anilines is 2. The summed E-state index contributed by atoms with van der Waals surface area (Å²) in [5, 5.41) is 30.0. The lowest BCUT2D eigenvalue weighted by Crippen LogP contribution is -2.48. The van der Waals surface area contributed by atoms with Crippen LogP contribution >= 0.6 is 0 Å². The molecule has 2 bridgehead atoms. The molecular formula is C53H48FN7O4. The van der Waals surface area contributed by atoms with Crippen LogP contribution in [0.5, 0.6) is 5.75 Å². The molecule has 3 N–H and O–H groups in total. The Morgan fingerprint density at radius 1 is 0.815 bits per heavy atom. The van der Waals surface area contributed by atoms with Gasteiger partial charge >= 0.3 is 6.09 Å². The van der Waals surface area contributed by atoms with Crippen LogP contribution in [-0.2, 0) is 12.1 Å². The minimum atomic E-state index is -0.944. The second-order valence-corrected chi connectivity index (χ2v) is 17.4. The van der Waals surface area contributed by atoms with Gasteiger partial charge in [-0.1, -0.05) is 121 Å². The van der Waals surface area contributed by atoms with Gasteiger partial charge in [-0.2, -0.15) is 10.1 Å². The molecule has 6 aromatic carbocycles. The number of ether oxygens (including phenoxy) is 1. The quantitative estimate of drug-likeness (QED) is 0.0971. The highest BCUT2D eigenvalue weighted by atomic mass is 19.1. The molecule has 2 aromatic heterocycles. The molecule has 0 radical (unpaired) electrons. The lowest BCUT2D eigenvalue weighted by Gasteiger charge is -2.36. The number of carboxylic acid groups (broad SMARTS) is 1. The molecule has 2 atom stereocenters. The van der Waals surface area contributed by atoms with Crippen LogP contribution in [0.4, 0.5) is 21.0 Å². The summed E-state index contributed by atoms with van der Waals surface area (Å²) in [5.41, 5.74) is 6.96. The molecular weight excluding hydrogens is 818 g/mol. The molecule has 3 fully saturated rings. The van der Waals surface area contributed by atoms with Gasteiger partial charge < -0.3 is 30.1 Å². The average molecular weight is 866 g/mol. The fraction of sp³-hybridized carbons (Fsp3) is 0.245. The first-order valence-corrected chi connectivity index (χ1v) is 22.4. The van der Waals surface area contributed by atoms with Gasteiger partial charge in [-0.3, -0.25) is 4.68 Å². The molecule has 1 aliphatic carbocycles. The maximum Gasteiger partial charge on any atom is 0.407 e. The third-order valence-corrected chi connectivity index (χ3v) is 13.5. The van der Waals surface area contributed by atoms with Crippen LogP contribution < -0.4 is 15.0 Å². The molecule has 4 heterocycles. The SMILES string of the molecule is Cc1c(F)cc2nn(C(c3ccccc3)(c3ccccc3)c3ccccc3)cc2c1-c1c(C2CC2)cc2c(N3C[C@@H]4C[C@H]3CN4C(=O)O)nc(NCCO)nc2c1OCc1ccccc1. The first-order chi connectivity index (χ1) is 31.8. The van der Waals surface area contributed by atoms with Crippen LogP contribution in [0.1, 0.15) is 58.6 Å². The van der Waals surface area contributed by atoms with Crippen molar-refractivity contribution < 1.29 is 24.1 Å². The first kappa shape index (κ1) is 40.5. The Morgan fingerprint density at radius 3 is 2.02 bits per heavy atom. The number of halogens is 1. The maximum atomic E-state index is 17.0. The van der Waals surface area contributed by atoms with Gasteiger partial charge in [0.15, 0.2) is 5.75 Å². The second kappa shape index (κ2) is 16.4. The van der Waals surface area contributed by atoms with E-state index >= 15 is 4.39 Å². The number of hydrogen-bond acceptors (Lipinski definition) is 8. The number of aliphatic hydroxyl groups excluding tert-OH is 1. The number of amides is 1. The number of aliphatic hydroxyl groups is 1. The summed E-state index contributed by atoms with van der Waals surface area (Å²) in [5.74, 6) is 1.27. The third kappa shape index (κ3) is 6.91. The Morgan fingerprint density at radius 2 is 1.45 bits per heavy atom. The summed E-state index contributed by atoms with van der Waals surface area (Å²) < 4.78 is 26.1. The molecule has 0 unspecified atom stereocenters. The van der Waals surface area contributed by atoms with Crippen LogP contribution in [0.2, 0.25) is 0 Å². The van der Waals surface area contributed by atoms with Crippen LogP contribution in [0.3, 0.4) is 0 Å². The van der Waals surface area contributed by atoms with E-state index in [-0.39, 0.29) is 43.6 Å². The van der Waals surface area contributed by atoms with Crippen LogP contribution in [0.25, 0.3) is 32.9 Å². The van der Waals surface area contributed by atoms with E-state index in [9.17, 15) is 15.0 Å². The number of fused-ring (bicyclic) bond motifs is 4. The fourth-order valence-corrected chi connectivity index (χ4v) is 10.4. The Bertz CT molecular complexity index is 2960. The van der Waals surface area contributed by atoms with E-state index in [1.54, 1.807) is 6.07 Å². The van der Waals surface area contributed by atoms with Gasteiger partial charge in [-0.15, -0.1) is 0 Å². The number of likely N-dealkylation sites (tertiary alicyclic amines) is 1. The number of aromatic nitrogens is 4. The van der Waals surface area contributed by atoms with E-state index in [0.717, 1.165) is 57.0 Å². The predicted molar refractivity (Wildman–Crippen MR) is 250 cm³/mol. The van der Waals surface area contributed by atoms with Gasteiger partial charge in [0.1, 0.15) is 29.3 Å². The van der Waals surface area contributed by atoms with E-state index in [1.807, 2.05) is 96.5 Å². The minimum absolute atomic E-state index is 0.0762. The van der Waals surface area contributed by atoms with Crippen LogP contribution in [0.15, 0.2) is 140 Å². The Labute approximate surface area is 375 Å². The average Bonchev–Trinajstić information content (AvgIpc) is 3.78. The minimum Gasteiger partial charge on any atom is -0.486 e. The Kier molecular flexibility index (Phi) is 10.2. The maximum absolute atomic E-state index is 17.0. The van der Waals surface area contributed by atoms with Crippen molar-refractivity contribution in [2.45, 2.75) is 56.3 Å². The van der Waals surface area contributed by atoms with Crippen molar-refractivity contribution in [2.75, 3.05) is 36.5 Å². The van der Waals surface area contributed by atoms with Gasteiger partial charge in [-0.05, 0) is 71.6 Å². The van der Waals surface area contributed by atoms with Gasteiger partial charge in [0.2, 0.25) is 5.95 Å². The van der Waals surface area contributed by atoms with E-state index < -0.39 is 11.6 Å². The topological polar surface area (TPSA) is 129 Å². The van der Waals surface area contributed by atoms with Crippen LogP contribution in [-0.4, -0.2) is 79.3 Å². The molecule has 326 valence electrons. The lowest BCUT2D eigenvalue weighted by molar-refractivity contribution is 0.137. The second-order valence-electron chi connectivity index (χ2n) is 17.4. The molecule has 2 saturated heterocycles. The largest absolute Gasteiger partial charge is 0.486 e. The molecule has 3 aliphatic rings. The predicted octanol–water partition coefficient (Wildman–Crippen LogP) is 9.74. The van der Waals surface area contributed by atoms with E-state index in [1.165, 1.54) is 4.90 Å². The number of rotatable bonds is 13. The Balaban J connectivity index is 1.20. The first-order valence-electron chi connectivity index (χ1n) is 22.4. The van der Waals surface area contributed by atoms with Gasteiger partial charge in [0.25, 0.3) is 0 Å². The molecule has 8 aromatic rings. The highest BCUT2D eigenvalue weighted by molar-refractivity contribution is 6.06. The molecule has 12 heteroatoms. The van der Waals surface area contributed by atoms with Crippen molar-refractivity contribution in [1.82, 2.24) is 24.6 Å². The summed E-state index contributed by atoms with van der Waals surface area (Å²) in [7, 11) is 0. The fourth-order valence-electron chi connectivity index (χ4n) is 10.4. The molecule has 1 saturated carbocycles. The number of benzene rings is 6. The number of nitrogens with zero attached hydrogens (tertiary/aromatic N) is 6. The zero-order chi connectivity index (χ0) is 44.2. The molecule has 65 heavy (non-hydrogen) atoms.